The molecular formula is C17H19NO4. The van der Waals surface area contributed by atoms with Crippen LogP contribution in [0.5, 0.6) is 11.5 Å². The Morgan fingerprint density at radius 1 is 1.18 bits per heavy atom. The first-order valence-corrected chi connectivity index (χ1v) is 6.97. The summed E-state index contributed by atoms with van der Waals surface area (Å²) in [7, 11) is 3.19. The predicted octanol–water partition coefficient (Wildman–Crippen LogP) is 3.25. The molecular weight excluding hydrogens is 282 g/mol. The Labute approximate surface area is 129 Å². The maximum absolute atomic E-state index is 12.1. The smallest absolute Gasteiger partial charge is 0.340 e. The molecule has 1 heterocycles. The average Bonchev–Trinajstić information content (AvgIpc) is 2.55. The van der Waals surface area contributed by atoms with Crippen LogP contribution in [0.25, 0.3) is 11.3 Å². The van der Waals surface area contributed by atoms with Crippen LogP contribution in [0.4, 0.5) is 0 Å². The van der Waals surface area contributed by atoms with E-state index in [1.807, 2.05) is 19.1 Å². The zero-order valence-corrected chi connectivity index (χ0v) is 13.2. The predicted molar refractivity (Wildman–Crippen MR) is 83.5 cm³/mol. The second-order valence-corrected chi connectivity index (χ2v) is 4.63. The number of hydrogen-bond acceptors (Lipinski definition) is 5. The first-order valence-electron chi connectivity index (χ1n) is 6.97. The van der Waals surface area contributed by atoms with Gasteiger partial charge in [0.15, 0.2) is 0 Å². The molecule has 1 aromatic carbocycles. The Morgan fingerprint density at radius 2 is 1.82 bits per heavy atom. The van der Waals surface area contributed by atoms with Crippen LogP contribution in [0.1, 0.15) is 22.8 Å². The molecule has 0 fully saturated rings. The molecule has 0 aliphatic heterocycles. The van der Waals surface area contributed by atoms with Crippen LogP contribution in [-0.2, 0) is 4.74 Å². The van der Waals surface area contributed by atoms with Gasteiger partial charge in [-0.25, -0.2) is 4.79 Å². The topological polar surface area (TPSA) is 57.7 Å². The highest BCUT2D eigenvalue weighted by Gasteiger charge is 2.17. The number of hydrogen-bond donors (Lipinski definition) is 0. The van der Waals surface area contributed by atoms with Gasteiger partial charge in [-0.05, 0) is 38.1 Å². The molecule has 5 nitrogen and oxygen atoms in total. The van der Waals surface area contributed by atoms with E-state index in [0.29, 0.717) is 29.4 Å². The van der Waals surface area contributed by atoms with Crippen molar-refractivity contribution in [3.8, 4) is 22.8 Å². The highest BCUT2D eigenvalue weighted by atomic mass is 16.5. The number of aromatic nitrogens is 1. The first-order chi connectivity index (χ1) is 10.6. The maximum Gasteiger partial charge on any atom is 0.340 e. The van der Waals surface area contributed by atoms with Crippen molar-refractivity contribution in [3.05, 3.63) is 41.6 Å². The maximum atomic E-state index is 12.1. The lowest BCUT2D eigenvalue weighted by Crippen LogP contribution is -2.07. The molecule has 0 aliphatic rings. The van der Waals surface area contributed by atoms with Crippen molar-refractivity contribution in [3.63, 3.8) is 0 Å². The molecule has 0 amide bonds. The number of carbonyl (C=O) groups excluding carboxylic acids is 1. The molecule has 0 saturated heterocycles. The number of ether oxygens (including phenoxy) is 3. The Kier molecular flexibility index (Phi) is 4.99. The SMILES string of the molecule is CCOC(=O)c1cccnc1-c1cc(OC)c(C)c(OC)c1. The van der Waals surface area contributed by atoms with E-state index >= 15 is 0 Å². The largest absolute Gasteiger partial charge is 0.496 e. The van der Waals surface area contributed by atoms with Crippen molar-refractivity contribution in [2.45, 2.75) is 13.8 Å². The van der Waals surface area contributed by atoms with E-state index < -0.39 is 5.97 Å². The zero-order chi connectivity index (χ0) is 16.1. The van der Waals surface area contributed by atoms with E-state index in [1.165, 1.54) is 0 Å². The molecule has 22 heavy (non-hydrogen) atoms. The molecule has 0 radical (unpaired) electrons. The summed E-state index contributed by atoms with van der Waals surface area (Å²) in [6.07, 6.45) is 1.64. The van der Waals surface area contributed by atoms with Crippen LogP contribution in [-0.4, -0.2) is 31.8 Å². The third kappa shape index (κ3) is 3.03. The van der Waals surface area contributed by atoms with Gasteiger partial charge in [0, 0.05) is 17.3 Å². The molecule has 5 heteroatoms. The molecule has 0 aliphatic carbocycles. The Balaban J connectivity index is 2.59. The standard InChI is InChI=1S/C17H19NO4/c1-5-22-17(19)13-7-6-8-18-16(13)12-9-14(20-3)11(2)15(10-12)21-4/h6-10H,5H2,1-4H3. The number of methoxy groups -OCH3 is 2. The lowest BCUT2D eigenvalue weighted by atomic mass is 10.0. The molecule has 1 aromatic heterocycles. The van der Waals surface area contributed by atoms with Crippen LogP contribution in [0.3, 0.4) is 0 Å². The molecule has 0 bridgehead atoms. The van der Waals surface area contributed by atoms with Crippen molar-refractivity contribution >= 4 is 5.97 Å². The Morgan fingerprint density at radius 3 is 2.36 bits per heavy atom. The molecule has 2 rings (SSSR count). The number of esters is 1. The molecule has 116 valence electrons. The molecule has 0 spiro atoms. The van der Waals surface area contributed by atoms with Crippen LogP contribution in [0, 0.1) is 6.92 Å². The number of benzene rings is 1. The van der Waals surface area contributed by atoms with E-state index in [-0.39, 0.29) is 0 Å². The van der Waals surface area contributed by atoms with E-state index in [1.54, 1.807) is 39.5 Å². The minimum absolute atomic E-state index is 0.313. The lowest BCUT2D eigenvalue weighted by molar-refractivity contribution is 0.0527. The van der Waals surface area contributed by atoms with Gasteiger partial charge in [-0.15, -0.1) is 0 Å². The molecule has 0 atom stereocenters. The van der Waals surface area contributed by atoms with Crippen molar-refractivity contribution < 1.29 is 19.0 Å². The Hall–Kier alpha value is -2.56. The highest BCUT2D eigenvalue weighted by Crippen LogP contribution is 2.34. The monoisotopic (exact) mass is 301 g/mol. The van der Waals surface area contributed by atoms with E-state index in [4.69, 9.17) is 14.2 Å². The number of pyridine rings is 1. The van der Waals surface area contributed by atoms with Crippen molar-refractivity contribution in [1.29, 1.82) is 0 Å². The van der Waals surface area contributed by atoms with Crippen molar-refractivity contribution in [2.75, 3.05) is 20.8 Å². The van der Waals surface area contributed by atoms with Crippen LogP contribution < -0.4 is 9.47 Å². The van der Waals surface area contributed by atoms with E-state index in [0.717, 1.165) is 11.1 Å². The average molecular weight is 301 g/mol. The second kappa shape index (κ2) is 6.93. The van der Waals surface area contributed by atoms with Gasteiger partial charge in [0.2, 0.25) is 0 Å². The van der Waals surface area contributed by atoms with Gasteiger partial charge >= 0.3 is 5.97 Å². The summed E-state index contributed by atoms with van der Waals surface area (Å²) in [5.74, 6) is 0.953. The minimum Gasteiger partial charge on any atom is -0.496 e. The molecule has 0 saturated carbocycles. The van der Waals surface area contributed by atoms with E-state index in [9.17, 15) is 4.79 Å². The quantitative estimate of drug-likeness (QED) is 0.793. The van der Waals surface area contributed by atoms with Gasteiger partial charge in [0.1, 0.15) is 11.5 Å². The van der Waals surface area contributed by atoms with Crippen LogP contribution in [0.2, 0.25) is 0 Å². The molecule has 2 aromatic rings. The van der Waals surface area contributed by atoms with Crippen molar-refractivity contribution in [1.82, 2.24) is 4.98 Å². The Bertz CT molecular complexity index is 657. The van der Waals surface area contributed by atoms with Gasteiger partial charge < -0.3 is 14.2 Å². The van der Waals surface area contributed by atoms with Gasteiger partial charge in [-0.2, -0.15) is 0 Å². The summed E-state index contributed by atoms with van der Waals surface area (Å²) in [6.45, 7) is 3.99. The van der Waals surface area contributed by atoms with Gasteiger partial charge in [0.25, 0.3) is 0 Å². The molecule has 0 unspecified atom stereocenters. The van der Waals surface area contributed by atoms with Crippen LogP contribution in [0.15, 0.2) is 30.5 Å². The van der Waals surface area contributed by atoms with E-state index in [2.05, 4.69) is 4.98 Å². The van der Waals surface area contributed by atoms with Gasteiger partial charge in [-0.3, -0.25) is 4.98 Å². The lowest BCUT2D eigenvalue weighted by Gasteiger charge is -2.14. The highest BCUT2D eigenvalue weighted by molar-refractivity contribution is 5.96. The summed E-state index contributed by atoms with van der Waals surface area (Å²) in [4.78, 5) is 16.4. The number of carbonyl (C=O) groups is 1. The fraction of sp³-hybridized carbons (Fsp3) is 0.294. The summed E-state index contributed by atoms with van der Waals surface area (Å²) in [6, 6.07) is 7.07. The summed E-state index contributed by atoms with van der Waals surface area (Å²) >= 11 is 0. The third-order valence-corrected chi connectivity index (χ3v) is 3.33. The number of nitrogens with zero attached hydrogens (tertiary/aromatic N) is 1. The first kappa shape index (κ1) is 15.8. The van der Waals surface area contributed by atoms with Gasteiger partial charge in [-0.1, -0.05) is 0 Å². The summed E-state index contributed by atoms with van der Waals surface area (Å²) in [5.41, 5.74) is 2.58. The van der Waals surface area contributed by atoms with Gasteiger partial charge in [0.05, 0.1) is 32.1 Å². The number of rotatable bonds is 5. The summed E-state index contributed by atoms with van der Waals surface area (Å²) in [5, 5.41) is 0. The van der Waals surface area contributed by atoms with Crippen molar-refractivity contribution in [2.24, 2.45) is 0 Å². The summed E-state index contributed by atoms with van der Waals surface area (Å²) < 4.78 is 15.8. The second-order valence-electron chi connectivity index (χ2n) is 4.63. The minimum atomic E-state index is -0.399. The normalized spacial score (nSPS) is 10.2. The van der Waals surface area contributed by atoms with Crippen LogP contribution >= 0.6 is 0 Å². The third-order valence-electron chi connectivity index (χ3n) is 3.33. The fourth-order valence-electron chi connectivity index (χ4n) is 2.23. The fourth-order valence-corrected chi connectivity index (χ4v) is 2.23. The molecule has 0 N–H and O–H groups in total. The zero-order valence-electron chi connectivity index (χ0n) is 13.2.